The molecule has 0 aliphatic heterocycles. The van der Waals surface area contributed by atoms with Crippen LogP contribution in [0.3, 0.4) is 0 Å². The molecule has 106 valence electrons. The number of hydrogen-bond donors (Lipinski definition) is 1. The molecular formula is C16H16ClFO2. The monoisotopic (exact) mass is 294 g/mol. The van der Waals surface area contributed by atoms with Gasteiger partial charge in [0.15, 0.2) is 0 Å². The first-order valence-corrected chi connectivity index (χ1v) is 6.74. The largest absolute Gasteiger partial charge is 0.491 e. The summed E-state index contributed by atoms with van der Waals surface area (Å²) in [5.74, 6) is 0.348. The number of rotatable bonds is 5. The van der Waals surface area contributed by atoms with E-state index >= 15 is 0 Å². The molecule has 2 aromatic carbocycles. The van der Waals surface area contributed by atoms with E-state index in [1.807, 2.05) is 6.92 Å². The fourth-order valence-electron chi connectivity index (χ4n) is 1.90. The van der Waals surface area contributed by atoms with E-state index < -0.39 is 6.10 Å². The molecule has 0 aliphatic carbocycles. The maximum absolute atomic E-state index is 13.2. The Morgan fingerprint density at radius 3 is 2.60 bits per heavy atom. The minimum atomic E-state index is -0.689. The fourth-order valence-corrected chi connectivity index (χ4v) is 2.02. The Labute approximate surface area is 122 Å². The van der Waals surface area contributed by atoms with Crippen molar-refractivity contribution in [3.8, 4) is 5.75 Å². The van der Waals surface area contributed by atoms with Gasteiger partial charge < -0.3 is 9.84 Å². The van der Waals surface area contributed by atoms with E-state index in [1.165, 1.54) is 12.1 Å². The maximum atomic E-state index is 13.2. The first-order valence-electron chi connectivity index (χ1n) is 6.36. The summed E-state index contributed by atoms with van der Waals surface area (Å²) in [6.45, 7) is 2.04. The highest BCUT2D eigenvalue weighted by Gasteiger charge is 2.09. The van der Waals surface area contributed by atoms with Crippen LogP contribution in [0.5, 0.6) is 5.75 Å². The molecule has 0 aliphatic rings. The second-order valence-electron chi connectivity index (χ2n) is 4.69. The Hall–Kier alpha value is -1.58. The lowest BCUT2D eigenvalue weighted by molar-refractivity contribution is 0.107. The molecule has 1 atom stereocenters. The van der Waals surface area contributed by atoms with Crippen LogP contribution in [0, 0.1) is 12.7 Å². The summed E-state index contributed by atoms with van der Waals surface area (Å²) in [5, 5.41) is 10.6. The summed E-state index contributed by atoms with van der Waals surface area (Å²) < 4.78 is 18.6. The third kappa shape index (κ3) is 4.22. The van der Waals surface area contributed by atoms with Crippen molar-refractivity contribution in [2.45, 2.75) is 19.4 Å². The lowest BCUT2D eigenvalue weighted by Gasteiger charge is -2.14. The molecule has 0 amide bonds. The van der Waals surface area contributed by atoms with Gasteiger partial charge in [-0.3, -0.25) is 0 Å². The van der Waals surface area contributed by atoms with Crippen molar-refractivity contribution in [3.63, 3.8) is 0 Å². The molecule has 0 bridgehead atoms. The van der Waals surface area contributed by atoms with Crippen LogP contribution >= 0.6 is 11.6 Å². The van der Waals surface area contributed by atoms with Gasteiger partial charge in [0.1, 0.15) is 18.2 Å². The van der Waals surface area contributed by atoms with Crippen molar-refractivity contribution in [1.29, 1.82) is 0 Å². The Morgan fingerprint density at radius 2 is 1.90 bits per heavy atom. The summed E-state index contributed by atoms with van der Waals surface area (Å²) in [6, 6.07) is 11.5. The van der Waals surface area contributed by atoms with Crippen molar-refractivity contribution >= 4 is 11.6 Å². The zero-order valence-electron chi connectivity index (χ0n) is 11.1. The van der Waals surface area contributed by atoms with Gasteiger partial charge in [0, 0.05) is 11.4 Å². The molecule has 0 heterocycles. The fraction of sp³-hybridized carbons (Fsp3) is 0.250. The zero-order chi connectivity index (χ0) is 14.5. The van der Waals surface area contributed by atoms with Crippen molar-refractivity contribution in [2.75, 3.05) is 6.61 Å². The molecule has 1 N–H and O–H groups in total. The van der Waals surface area contributed by atoms with Gasteiger partial charge in [-0.1, -0.05) is 17.7 Å². The second-order valence-corrected chi connectivity index (χ2v) is 5.13. The van der Waals surface area contributed by atoms with Gasteiger partial charge in [-0.05, 0) is 54.4 Å². The number of ether oxygens (including phenoxy) is 1. The third-order valence-corrected chi connectivity index (χ3v) is 3.27. The SMILES string of the molecule is Cc1ccc(F)cc1CC(O)COc1ccc(Cl)cc1. The molecule has 4 heteroatoms. The van der Waals surface area contributed by atoms with Gasteiger partial charge in [-0.2, -0.15) is 0 Å². The standard InChI is InChI=1S/C16H16ClFO2/c1-11-2-5-14(18)8-12(11)9-15(19)10-20-16-6-3-13(17)4-7-16/h2-8,15,19H,9-10H2,1H3. The minimum Gasteiger partial charge on any atom is -0.491 e. The number of aryl methyl sites for hydroxylation is 1. The summed E-state index contributed by atoms with van der Waals surface area (Å²) in [7, 11) is 0. The van der Waals surface area contributed by atoms with Crippen molar-refractivity contribution in [3.05, 3.63) is 64.4 Å². The first kappa shape index (κ1) is 14.8. The Balaban J connectivity index is 1.90. The molecule has 20 heavy (non-hydrogen) atoms. The van der Waals surface area contributed by atoms with E-state index in [1.54, 1.807) is 30.3 Å². The molecule has 0 radical (unpaired) electrons. The minimum absolute atomic E-state index is 0.150. The van der Waals surface area contributed by atoms with E-state index in [4.69, 9.17) is 16.3 Å². The molecule has 0 saturated carbocycles. The molecule has 0 aromatic heterocycles. The van der Waals surface area contributed by atoms with Crippen LogP contribution in [0.25, 0.3) is 0 Å². The number of hydrogen-bond acceptors (Lipinski definition) is 2. The Bertz CT molecular complexity index is 569. The van der Waals surface area contributed by atoms with E-state index in [0.717, 1.165) is 11.1 Å². The molecule has 1 unspecified atom stereocenters. The van der Waals surface area contributed by atoms with Gasteiger partial charge in [0.25, 0.3) is 0 Å². The molecule has 0 fully saturated rings. The lowest BCUT2D eigenvalue weighted by atomic mass is 10.0. The summed E-state index contributed by atoms with van der Waals surface area (Å²) in [6.07, 6.45) is -0.330. The van der Waals surface area contributed by atoms with Gasteiger partial charge in [0.2, 0.25) is 0 Å². The molecule has 0 saturated heterocycles. The number of aliphatic hydroxyl groups is 1. The first-order chi connectivity index (χ1) is 9.54. The summed E-state index contributed by atoms with van der Waals surface area (Å²) in [4.78, 5) is 0. The van der Waals surface area contributed by atoms with Crippen molar-refractivity contribution in [2.24, 2.45) is 0 Å². The summed E-state index contributed by atoms with van der Waals surface area (Å²) in [5.41, 5.74) is 1.74. The van der Waals surface area contributed by atoms with Gasteiger partial charge in [-0.15, -0.1) is 0 Å². The highest BCUT2D eigenvalue weighted by molar-refractivity contribution is 6.30. The lowest BCUT2D eigenvalue weighted by Crippen LogP contribution is -2.20. The highest BCUT2D eigenvalue weighted by Crippen LogP contribution is 2.17. The summed E-state index contributed by atoms with van der Waals surface area (Å²) >= 11 is 5.77. The van der Waals surface area contributed by atoms with Gasteiger partial charge in [0.05, 0.1) is 6.10 Å². The second kappa shape index (κ2) is 6.73. The molecule has 0 spiro atoms. The van der Waals surface area contributed by atoms with E-state index in [9.17, 15) is 9.50 Å². The highest BCUT2D eigenvalue weighted by atomic mass is 35.5. The zero-order valence-corrected chi connectivity index (χ0v) is 11.9. The number of halogens is 2. The van der Waals surface area contributed by atoms with Crippen molar-refractivity contribution < 1.29 is 14.2 Å². The van der Waals surface area contributed by atoms with E-state index in [0.29, 0.717) is 17.2 Å². The van der Waals surface area contributed by atoms with Crippen molar-refractivity contribution in [1.82, 2.24) is 0 Å². The van der Waals surface area contributed by atoms with Crippen LogP contribution in [0.2, 0.25) is 5.02 Å². The van der Waals surface area contributed by atoms with Gasteiger partial charge in [-0.25, -0.2) is 4.39 Å². The van der Waals surface area contributed by atoms with Crippen LogP contribution in [-0.4, -0.2) is 17.8 Å². The predicted molar refractivity (Wildman–Crippen MR) is 77.8 cm³/mol. The smallest absolute Gasteiger partial charge is 0.123 e. The van der Waals surface area contributed by atoms with E-state index in [-0.39, 0.29) is 12.4 Å². The Kier molecular flexibility index (Phi) is 4.99. The molecular weight excluding hydrogens is 279 g/mol. The van der Waals surface area contributed by atoms with Crippen LogP contribution < -0.4 is 4.74 Å². The van der Waals surface area contributed by atoms with Crippen LogP contribution in [0.4, 0.5) is 4.39 Å². The average Bonchev–Trinajstić information content (AvgIpc) is 2.42. The van der Waals surface area contributed by atoms with Gasteiger partial charge >= 0.3 is 0 Å². The molecule has 2 rings (SSSR count). The number of aliphatic hydroxyl groups excluding tert-OH is 1. The normalized spacial score (nSPS) is 12.2. The molecule has 2 aromatic rings. The van der Waals surface area contributed by atoms with Crippen LogP contribution in [0.1, 0.15) is 11.1 Å². The van der Waals surface area contributed by atoms with Crippen LogP contribution in [0.15, 0.2) is 42.5 Å². The Morgan fingerprint density at radius 1 is 1.20 bits per heavy atom. The predicted octanol–water partition coefficient (Wildman–Crippen LogP) is 3.77. The van der Waals surface area contributed by atoms with Crippen LogP contribution in [-0.2, 0) is 6.42 Å². The maximum Gasteiger partial charge on any atom is 0.123 e. The van der Waals surface area contributed by atoms with E-state index in [2.05, 4.69) is 0 Å². The average molecular weight is 295 g/mol. The topological polar surface area (TPSA) is 29.5 Å². The third-order valence-electron chi connectivity index (χ3n) is 3.02. The quantitative estimate of drug-likeness (QED) is 0.909. The number of benzene rings is 2. The molecule has 2 nitrogen and oxygen atoms in total.